The average molecular weight is 276 g/mol. The molecule has 1 aliphatic carbocycles. The van der Waals surface area contributed by atoms with Gasteiger partial charge < -0.3 is 10.6 Å². The Morgan fingerprint density at radius 3 is 2.30 bits per heavy atom. The number of aromatic nitrogens is 2. The molecule has 1 aromatic rings. The predicted molar refractivity (Wildman–Crippen MR) is 85.4 cm³/mol. The van der Waals surface area contributed by atoms with Crippen molar-refractivity contribution in [2.24, 2.45) is 5.92 Å². The fourth-order valence-corrected chi connectivity index (χ4v) is 2.87. The van der Waals surface area contributed by atoms with Crippen molar-refractivity contribution in [2.45, 2.75) is 59.3 Å². The Kier molecular flexibility index (Phi) is 5.62. The SMILES string of the molecule is CCCc1nc(NCC)c(C)c(NCC2CCCC2)n1. The van der Waals surface area contributed by atoms with E-state index in [4.69, 9.17) is 4.98 Å². The second-order valence-electron chi connectivity index (χ2n) is 5.77. The highest BCUT2D eigenvalue weighted by Gasteiger charge is 2.16. The fraction of sp³-hybridized carbons (Fsp3) is 0.750. The molecule has 0 aromatic carbocycles. The zero-order chi connectivity index (χ0) is 14.4. The monoisotopic (exact) mass is 276 g/mol. The van der Waals surface area contributed by atoms with Crippen molar-refractivity contribution in [3.8, 4) is 0 Å². The largest absolute Gasteiger partial charge is 0.370 e. The molecule has 0 atom stereocenters. The van der Waals surface area contributed by atoms with E-state index in [0.29, 0.717) is 0 Å². The third-order valence-electron chi connectivity index (χ3n) is 4.04. The quantitative estimate of drug-likeness (QED) is 0.796. The van der Waals surface area contributed by atoms with E-state index in [1.165, 1.54) is 25.7 Å². The van der Waals surface area contributed by atoms with Crippen LogP contribution in [0.5, 0.6) is 0 Å². The van der Waals surface area contributed by atoms with Gasteiger partial charge in [-0.1, -0.05) is 19.8 Å². The van der Waals surface area contributed by atoms with Gasteiger partial charge in [-0.3, -0.25) is 0 Å². The molecule has 1 fully saturated rings. The van der Waals surface area contributed by atoms with E-state index in [-0.39, 0.29) is 0 Å². The van der Waals surface area contributed by atoms with Gasteiger partial charge in [-0.2, -0.15) is 0 Å². The van der Waals surface area contributed by atoms with Crippen molar-refractivity contribution in [1.82, 2.24) is 9.97 Å². The van der Waals surface area contributed by atoms with Gasteiger partial charge in [-0.15, -0.1) is 0 Å². The van der Waals surface area contributed by atoms with Crippen LogP contribution in [-0.2, 0) is 6.42 Å². The molecule has 1 aromatic heterocycles. The summed E-state index contributed by atoms with van der Waals surface area (Å²) in [4.78, 5) is 9.33. The molecule has 4 nitrogen and oxygen atoms in total. The minimum atomic E-state index is 0.821. The minimum absolute atomic E-state index is 0.821. The molecule has 0 bridgehead atoms. The lowest BCUT2D eigenvalue weighted by Crippen LogP contribution is -2.15. The van der Waals surface area contributed by atoms with Gasteiger partial charge in [0, 0.05) is 25.1 Å². The highest BCUT2D eigenvalue weighted by molar-refractivity contribution is 5.57. The number of nitrogens with one attached hydrogen (secondary N) is 2. The molecule has 2 rings (SSSR count). The van der Waals surface area contributed by atoms with Gasteiger partial charge in [0.15, 0.2) is 0 Å². The summed E-state index contributed by atoms with van der Waals surface area (Å²) in [6.07, 6.45) is 7.52. The predicted octanol–water partition coefficient (Wildman–Crippen LogP) is 3.77. The van der Waals surface area contributed by atoms with E-state index in [1.54, 1.807) is 0 Å². The topological polar surface area (TPSA) is 49.8 Å². The van der Waals surface area contributed by atoms with Gasteiger partial charge in [0.25, 0.3) is 0 Å². The fourth-order valence-electron chi connectivity index (χ4n) is 2.87. The van der Waals surface area contributed by atoms with Crippen molar-refractivity contribution in [3.63, 3.8) is 0 Å². The molecule has 1 aliphatic rings. The zero-order valence-electron chi connectivity index (χ0n) is 13.1. The van der Waals surface area contributed by atoms with Crippen LogP contribution in [-0.4, -0.2) is 23.1 Å². The molecule has 112 valence electrons. The Morgan fingerprint density at radius 1 is 1.05 bits per heavy atom. The molecule has 0 radical (unpaired) electrons. The van der Waals surface area contributed by atoms with Crippen LogP contribution in [0.15, 0.2) is 0 Å². The smallest absolute Gasteiger partial charge is 0.134 e. The summed E-state index contributed by atoms with van der Waals surface area (Å²) in [5.74, 6) is 3.77. The highest BCUT2D eigenvalue weighted by atomic mass is 15.1. The maximum Gasteiger partial charge on any atom is 0.134 e. The standard InChI is InChI=1S/C16H28N4/c1-4-8-14-19-15(17-5-2)12(3)16(20-14)18-11-13-9-6-7-10-13/h13H,4-11H2,1-3H3,(H2,17,18,19,20). The summed E-state index contributed by atoms with van der Waals surface area (Å²) in [6.45, 7) is 8.32. The third kappa shape index (κ3) is 3.84. The van der Waals surface area contributed by atoms with E-state index >= 15 is 0 Å². The molecule has 1 saturated carbocycles. The molecular formula is C16H28N4. The molecular weight excluding hydrogens is 248 g/mol. The first-order valence-electron chi connectivity index (χ1n) is 8.09. The Hall–Kier alpha value is -1.32. The van der Waals surface area contributed by atoms with Crippen LogP contribution in [0.1, 0.15) is 57.3 Å². The van der Waals surface area contributed by atoms with Crippen molar-refractivity contribution in [2.75, 3.05) is 23.7 Å². The number of nitrogens with zero attached hydrogens (tertiary/aromatic N) is 2. The average Bonchev–Trinajstić information content (AvgIpc) is 2.94. The van der Waals surface area contributed by atoms with Crippen LogP contribution >= 0.6 is 0 Å². The second-order valence-corrected chi connectivity index (χ2v) is 5.77. The molecule has 0 spiro atoms. The summed E-state index contributed by atoms with van der Waals surface area (Å²) in [5.41, 5.74) is 1.14. The van der Waals surface area contributed by atoms with Crippen molar-refractivity contribution in [3.05, 3.63) is 11.4 Å². The second kappa shape index (κ2) is 7.46. The van der Waals surface area contributed by atoms with Gasteiger partial charge in [-0.25, -0.2) is 9.97 Å². The van der Waals surface area contributed by atoms with Crippen LogP contribution in [0.4, 0.5) is 11.6 Å². The number of hydrogen-bond donors (Lipinski definition) is 2. The summed E-state index contributed by atoms with van der Waals surface area (Å²) < 4.78 is 0. The van der Waals surface area contributed by atoms with Crippen molar-refractivity contribution >= 4 is 11.6 Å². The first kappa shape index (κ1) is 15.1. The van der Waals surface area contributed by atoms with Crippen molar-refractivity contribution in [1.29, 1.82) is 0 Å². The summed E-state index contributed by atoms with van der Waals surface area (Å²) in [7, 11) is 0. The van der Waals surface area contributed by atoms with E-state index < -0.39 is 0 Å². The van der Waals surface area contributed by atoms with Crippen LogP contribution in [0.25, 0.3) is 0 Å². The lowest BCUT2D eigenvalue weighted by atomic mass is 10.1. The Morgan fingerprint density at radius 2 is 1.70 bits per heavy atom. The number of aryl methyl sites for hydroxylation is 1. The number of hydrogen-bond acceptors (Lipinski definition) is 4. The zero-order valence-corrected chi connectivity index (χ0v) is 13.1. The molecule has 0 amide bonds. The molecule has 20 heavy (non-hydrogen) atoms. The Balaban J connectivity index is 2.11. The van der Waals surface area contributed by atoms with Crippen LogP contribution in [0.2, 0.25) is 0 Å². The number of anilines is 2. The maximum absolute atomic E-state index is 4.70. The molecule has 0 unspecified atom stereocenters. The molecule has 0 aliphatic heterocycles. The first-order chi connectivity index (χ1) is 9.74. The highest BCUT2D eigenvalue weighted by Crippen LogP contribution is 2.26. The maximum atomic E-state index is 4.70. The van der Waals surface area contributed by atoms with Gasteiger partial charge in [0.2, 0.25) is 0 Å². The van der Waals surface area contributed by atoms with Gasteiger partial charge in [0.05, 0.1) is 0 Å². The normalized spacial score (nSPS) is 15.6. The summed E-state index contributed by atoms with van der Waals surface area (Å²) >= 11 is 0. The van der Waals surface area contributed by atoms with E-state index in [9.17, 15) is 0 Å². The first-order valence-corrected chi connectivity index (χ1v) is 8.09. The van der Waals surface area contributed by atoms with Crippen LogP contribution in [0.3, 0.4) is 0 Å². The van der Waals surface area contributed by atoms with Crippen molar-refractivity contribution < 1.29 is 0 Å². The lowest BCUT2D eigenvalue weighted by molar-refractivity contribution is 0.578. The minimum Gasteiger partial charge on any atom is -0.370 e. The van der Waals surface area contributed by atoms with Crippen LogP contribution < -0.4 is 10.6 Å². The Bertz CT molecular complexity index is 425. The molecule has 4 heteroatoms. The summed E-state index contributed by atoms with van der Waals surface area (Å²) in [5, 5.41) is 6.91. The van der Waals surface area contributed by atoms with Gasteiger partial charge in [-0.05, 0) is 39.0 Å². The van der Waals surface area contributed by atoms with E-state index in [1.807, 2.05) is 0 Å². The van der Waals surface area contributed by atoms with Gasteiger partial charge >= 0.3 is 0 Å². The molecule has 0 saturated heterocycles. The molecule has 2 N–H and O–H groups in total. The Labute approximate surface area is 122 Å². The molecule has 1 heterocycles. The lowest BCUT2D eigenvalue weighted by Gasteiger charge is -2.16. The third-order valence-corrected chi connectivity index (χ3v) is 4.04. The number of rotatable bonds is 7. The van der Waals surface area contributed by atoms with E-state index in [0.717, 1.165) is 54.9 Å². The van der Waals surface area contributed by atoms with Crippen LogP contribution in [0, 0.1) is 12.8 Å². The summed E-state index contributed by atoms with van der Waals surface area (Å²) in [6, 6.07) is 0. The van der Waals surface area contributed by atoms with E-state index in [2.05, 4.69) is 36.4 Å². The van der Waals surface area contributed by atoms with Gasteiger partial charge in [0.1, 0.15) is 17.5 Å².